The van der Waals surface area contributed by atoms with Crippen molar-refractivity contribution in [3.05, 3.63) is 12.2 Å². The van der Waals surface area contributed by atoms with Gasteiger partial charge in [-0.2, -0.15) is 0 Å². The van der Waals surface area contributed by atoms with Crippen molar-refractivity contribution in [3.63, 3.8) is 0 Å². The monoisotopic (exact) mass is 1210 g/mol. The van der Waals surface area contributed by atoms with Crippen LogP contribution in [0.1, 0.15) is 463 Å². The largest absolute Gasteiger partial charge is 0.466 e. The molecule has 0 bridgehead atoms. The minimum Gasteiger partial charge on any atom is -0.466 e. The summed E-state index contributed by atoms with van der Waals surface area (Å²) in [5, 5.41) is 23.4. The second kappa shape index (κ2) is 76.1. The van der Waals surface area contributed by atoms with E-state index in [2.05, 4.69) is 31.3 Å². The van der Waals surface area contributed by atoms with E-state index in [9.17, 15) is 19.8 Å². The van der Waals surface area contributed by atoms with Gasteiger partial charge in [0, 0.05) is 12.8 Å². The molecule has 6 heteroatoms. The highest BCUT2D eigenvalue weighted by molar-refractivity contribution is 5.76. The summed E-state index contributed by atoms with van der Waals surface area (Å²) in [6, 6.07) is -0.537. The number of carbonyl (C=O) groups is 2. The first kappa shape index (κ1) is 84.6. The highest BCUT2D eigenvalue weighted by atomic mass is 16.5. The lowest BCUT2D eigenvalue weighted by molar-refractivity contribution is -0.143. The third kappa shape index (κ3) is 71.7. The van der Waals surface area contributed by atoms with Crippen molar-refractivity contribution in [1.82, 2.24) is 5.32 Å². The first-order chi connectivity index (χ1) is 42.5. The molecule has 0 aliphatic carbocycles. The van der Waals surface area contributed by atoms with Crippen molar-refractivity contribution in [2.45, 2.75) is 475 Å². The molecule has 0 radical (unpaired) electrons. The van der Waals surface area contributed by atoms with Crippen LogP contribution in [0.4, 0.5) is 0 Å². The van der Waals surface area contributed by atoms with Crippen molar-refractivity contribution in [2.75, 3.05) is 13.2 Å². The molecule has 0 rings (SSSR count). The van der Waals surface area contributed by atoms with Gasteiger partial charge in [0.2, 0.25) is 5.91 Å². The van der Waals surface area contributed by atoms with Crippen LogP contribution >= 0.6 is 0 Å². The average molecular weight is 1210 g/mol. The third-order valence-corrected chi connectivity index (χ3v) is 19.1. The Labute approximate surface area is 539 Å². The number of aliphatic hydroxyl groups excluding tert-OH is 2. The van der Waals surface area contributed by atoms with Gasteiger partial charge in [0.15, 0.2) is 0 Å². The fourth-order valence-corrected chi connectivity index (χ4v) is 13.0. The SMILES string of the molecule is CCCCCCCC/C=C\CCCCCCCCCCCC(=O)OCCCCCCCCCCCCCCCCCCCCCCCCCCCCCCCCCCCC(=O)NC(CO)C(O)CCCCCCCCCCCCCCCCCCC. The van der Waals surface area contributed by atoms with Crippen LogP contribution in [0, 0.1) is 0 Å². The average Bonchev–Trinajstić information content (AvgIpc) is 3.59. The van der Waals surface area contributed by atoms with Gasteiger partial charge in [0.05, 0.1) is 25.4 Å². The number of amides is 1. The van der Waals surface area contributed by atoms with Crippen molar-refractivity contribution < 1.29 is 24.5 Å². The zero-order valence-electron chi connectivity index (χ0n) is 58.8. The Morgan fingerprint density at radius 2 is 0.547 bits per heavy atom. The van der Waals surface area contributed by atoms with E-state index >= 15 is 0 Å². The molecule has 3 N–H and O–H groups in total. The topological polar surface area (TPSA) is 95.9 Å². The first-order valence-corrected chi connectivity index (χ1v) is 39.9. The molecule has 86 heavy (non-hydrogen) atoms. The molecule has 2 unspecified atom stereocenters. The smallest absolute Gasteiger partial charge is 0.305 e. The number of unbranched alkanes of at least 4 members (excludes halogenated alkanes) is 63. The van der Waals surface area contributed by atoms with Gasteiger partial charge in [0.25, 0.3) is 0 Å². The molecule has 6 nitrogen and oxygen atoms in total. The van der Waals surface area contributed by atoms with Gasteiger partial charge in [-0.3, -0.25) is 9.59 Å². The number of ether oxygens (including phenoxy) is 1. The van der Waals surface area contributed by atoms with Crippen molar-refractivity contribution >= 4 is 11.9 Å². The van der Waals surface area contributed by atoms with Gasteiger partial charge in [-0.15, -0.1) is 0 Å². The number of carbonyl (C=O) groups excluding carboxylic acids is 2. The maximum Gasteiger partial charge on any atom is 0.305 e. The van der Waals surface area contributed by atoms with E-state index in [0.717, 1.165) is 38.5 Å². The lowest BCUT2D eigenvalue weighted by Crippen LogP contribution is -2.45. The van der Waals surface area contributed by atoms with Crippen LogP contribution in [0.3, 0.4) is 0 Å². The zero-order chi connectivity index (χ0) is 62.0. The summed E-state index contributed by atoms with van der Waals surface area (Å²) in [5.41, 5.74) is 0. The number of hydrogen-bond acceptors (Lipinski definition) is 5. The van der Waals surface area contributed by atoms with Crippen LogP contribution in [-0.4, -0.2) is 47.4 Å². The van der Waals surface area contributed by atoms with Crippen molar-refractivity contribution in [3.8, 4) is 0 Å². The molecular weight excluding hydrogens is 1050 g/mol. The molecule has 1 amide bonds. The quantitative estimate of drug-likeness (QED) is 0.0320. The van der Waals surface area contributed by atoms with Crippen LogP contribution < -0.4 is 5.32 Å². The fraction of sp³-hybridized carbons (Fsp3) is 0.950. The summed E-state index contributed by atoms with van der Waals surface area (Å²) in [5.74, 6) is -0.00288. The zero-order valence-corrected chi connectivity index (χ0v) is 58.8. The predicted octanol–water partition coefficient (Wildman–Crippen LogP) is 26.3. The Morgan fingerprint density at radius 1 is 0.314 bits per heavy atom. The number of hydrogen-bond donors (Lipinski definition) is 3. The van der Waals surface area contributed by atoms with Crippen LogP contribution in [-0.2, 0) is 14.3 Å². The van der Waals surface area contributed by atoms with Crippen LogP contribution in [0.25, 0.3) is 0 Å². The minimum absolute atomic E-state index is 0.0226. The molecule has 0 aromatic rings. The molecule has 512 valence electrons. The number of esters is 1. The van der Waals surface area contributed by atoms with E-state index in [4.69, 9.17) is 4.74 Å². The molecule has 0 fully saturated rings. The highest BCUT2D eigenvalue weighted by Gasteiger charge is 2.20. The molecular formula is C80H157NO5. The second-order valence-electron chi connectivity index (χ2n) is 27.8. The molecule has 0 saturated heterocycles. The van der Waals surface area contributed by atoms with E-state index in [1.807, 2.05) is 0 Å². The van der Waals surface area contributed by atoms with E-state index in [0.29, 0.717) is 25.9 Å². The van der Waals surface area contributed by atoms with Gasteiger partial charge in [0.1, 0.15) is 0 Å². The molecule has 0 spiro atoms. The summed E-state index contributed by atoms with van der Waals surface area (Å²) < 4.78 is 5.52. The van der Waals surface area contributed by atoms with Gasteiger partial charge in [-0.05, 0) is 51.4 Å². The second-order valence-corrected chi connectivity index (χ2v) is 27.8. The maximum absolute atomic E-state index is 12.5. The Morgan fingerprint density at radius 3 is 0.826 bits per heavy atom. The Bertz CT molecular complexity index is 1300. The summed E-state index contributed by atoms with van der Waals surface area (Å²) in [6.45, 7) is 5.00. The molecule has 0 aliphatic heterocycles. The van der Waals surface area contributed by atoms with Gasteiger partial charge in [-0.1, -0.05) is 411 Å². The van der Waals surface area contributed by atoms with Crippen LogP contribution in [0.15, 0.2) is 12.2 Å². The summed E-state index contributed by atoms with van der Waals surface area (Å²) in [6.07, 6.45) is 95.9. The van der Waals surface area contributed by atoms with Crippen molar-refractivity contribution in [1.29, 1.82) is 0 Å². The summed E-state index contributed by atoms with van der Waals surface area (Å²) in [7, 11) is 0. The lowest BCUT2D eigenvalue weighted by atomic mass is 10.0. The predicted molar refractivity (Wildman–Crippen MR) is 380 cm³/mol. The molecule has 0 saturated carbocycles. The normalized spacial score (nSPS) is 12.5. The van der Waals surface area contributed by atoms with Gasteiger partial charge >= 0.3 is 5.97 Å². The van der Waals surface area contributed by atoms with E-state index in [1.165, 1.54) is 392 Å². The Hall–Kier alpha value is -1.40. The maximum atomic E-state index is 12.5. The Kier molecular flexibility index (Phi) is 74.8. The third-order valence-electron chi connectivity index (χ3n) is 19.1. The van der Waals surface area contributed by atoms with E-state index in [1.54, 1.807) is 0 Å². The minimum atomic E-state index is -0.661. The molecule has 0 aliphatic rings. The molecule has 0 aromatic carbocycles. The lowest BCUT2D eigenvalue weighted by Gasteiger charge is -2.22. The van der Waals surface area contributed by atoms with Crippen molar-refractivity contribution in [2.24, 2.45) is 0 Å². The summed E-state index contributed by atoms with van der Waals surface area (Å²) in [4.78, 5) is 24.7. The first-order valence-electron chi connectivity index (χ1n) is 39.9. The number of aliphatic hydroxyl groups is 2. The van der Waals surface area contributed by atoms with E-state index in [-0.39, 0.29) is 18.5 Å². The highest BCUT2D eigenvalue weighted by Crippen LogP contribution is 2.20. The van der Waals surface area contributed by atoms with Gasteiger partial charge < -0.3 is 20.3 Å². The Balaban J connectivity index is 3.30. The molecule has 0 heterocycles. The fourth-order valence-electron chi connectivity index (χ4n) is 13.0. The standard InChI is InChI=1S/C80H157NO5/c1-3-5-7-9-11-13-15-17-19-21-37-42-46-50-54-58-62-66-70-74-80(85)86-75-71-67-63-59-55-51-47-43-39-36-34-32-30-28-26-24-22-23-25-27-29-31-33-35-38-41-45-49-53-57-61-65-69-73-79(84)81-77(76-82)78(83)72-68-64-60-56-52-48-44-40-20-18-16-14-12-10-8-6-4-2/h17,19,77-78,82-83H,3-16,18,20-76H2,1-2H3,(H,81,84)/b19-17-. The number of nitrogens with one attached hydrogen (secondary N) is 1. The van der Waals surface area contributed by atoms with Crippen LogP contribution in [0.2, 0.25) is 0 Å². The van der Waals surface area contributed by atoms with Crippen LogP contribution in [0.5, 0.6) is 0 Å². The molecule has 0 aromatic heterocycles. The molecule has 2 atom stereocenters. The summed E-state index contributed by atoms with van der Waals surface area (Å²) >= 11 is 0. The number of allylic oxidation sites excluding steroid dienone is 2. The number of rotatable bonds is 76. The van der Waals surface area contributed by atoms with Gasteiger partial charge in [-0.25, -0.2) is 0 Å². The van der Waals surface area contributed by atoms with E-state index < -0.39 is 12.1 Å².